The Morgan fingerprint density at radius 1 is 1.25 bits per heavy atom. The van der Waals surface area contributed by atoms with Gasteiger partial charge in [0.1, 0.15) is 11.5 Å². The maximum absolute atomic E-state index is 12.3. The molecule has 1 amide bonds. The second-order valence-corrected chi connectivity index (χ2v) is 8.13. The first-order chi connectivity index (χ1) is 15.2. The number of benzene rings is 2. The maximum Gasteiger partial charge on any atom is 0.573 e. The van der Waals surface area contributed by atoms with Gasteiger partial charge in [-0.2, -0.15) is 0 Å². The highest BCUT2D eigenvalue weighted by atomic mass is 79.9. The van der Waals surface area contributed by atoms with Crippen molar-refractivity contribution in [1.29, 1.82) is 0 Å². The Balaban J connectivity index is 1.67. The van der Waals surface area contributed by atoms with Crippen LogP contribution in [0.3, 0.4) is 0 Å². The Labute approximate surface area is 193 Å². The highest BCUT2D eigenvalue weighted by Crippen LogP contribution is 2.33. The summed E-state index contributed by atoms with van der Waals surface area (Å²) in [6.07, 6.45) is -3.15. The number of alkyl halides is 3. The summed E-state index contributed by atoms with van der Waals surface area (Å²) < 4.78 is 42.9. The molecule has 0 unspecified atom stereocenters. The number of aromatic hydroxyl groups is 1. The summed E-state index contributed by atoms with van der Waals surface area (Å²) in [5, 5.41) is 21.4. The number of hydrogen-bond donors (Lipinski definition) is 2. The molecule has 1 aromatic heterocycles. The van der Waals surface area contributed by atoms with Crippen LogP contribution in [0.15, 0.2) is 64.7 Å². The van der Waals surface area contributed by atoms with E-state index in [1.54, 1.807) is 22.8 Å². The van der Waals surface area contributed by atoms with Crippen LogP contribution in [0.5, 0.6) is 11.5 Å². The fourth-order valence-corrected chi connectivity index (χ4v) is 3.75. The van der Waals surface area contributed by atoms with E-state index in [0.717, 1.165) is 28.4 Å². The number of phenolic OH excluding ortho intramolecular Hbond substituents is 1. The van der Waals surface area contributed by atoms with Crippen molar-refractivity contribution in [2.45, 2.75) is 18.1 Å². The van der Waals surface area contributed by atoms with Crippen molar-refractivity contribution in [1.82, 2.24) is 14.8 Å². The largest absolute Gasteiger partial charge is 0.573 e. The molecule has 168 valence electrons. The average Bonchev–Trinajstić information content (AvgIpc) is 3.11. The van der Waals surface area contributed by atoms with Gasteiger partial charge in [0.15, 0.2) is 11.0 Å². The third-order valence-corrected chi connectivity index (χ3v) is 5.39. The zero-order valence-electron chi connectivity index (χ0n) is 16.3. The van der Waals surface area contributed by atoms with Gasteiger partial charge in [-0.3, -0.25) is 9.36 Å². The van der Waals surface area contributed by atoms with Crippen molar-refractivity contribution in [2.75, 3.05) is 11.1 Å². The molecule has 7 nitrogen and oxygen atoms in total. The van der Waals surface area contributed by atoms with Crippen LogP contribution in [0.2, 0.25) is 0 Å². The lowest BCUT2D eigenvalue weighted by Crippen LogP contribution is -2.17. The molecule has 0 radical (unpaired) electrons. The Hall–Kier alpha value is -2.99. The van der Waals surface area contributed by atoms with E-state index in [-0.39, 0.29) is 23.2 Å². The minimum Gasteiger partial charge on any atom is -0.507 e. The van der Waals surface area contributed by atoms with E-state index in [1.165, 1.54) is 18.2 Å². The van der Waals surface area contributed by atoms with Gasteiger partial charge in [-0.25, -0.2) is 0 Å². The lowest BCUT2D eigenvalue weighted by Gasteiger charge is -2.10. The third kappa shape index (κ3) is 6.26. The van der Waals surface area contributed by atoms with Crippen LogP contribution in [-0.4, -0.2) is 37.9 Å². The molecule has 0 atom stereocenters. The number of ether oxygens (including phenoxy) is 1. The molecule has 0 bridgehead atoms. The summed E-state index contributed by atoms with van der Waals surface area (Å²) in [7, 11) is 0. The van der Waals surface area contributed by atoms with Crippen molar-refractivity contribution in [3.05, 3.63) is 59.6 Å². The second kappa shape index (κ2) is 10.1. The number of carbonyl (C=O) groups excluding carboxylic acids is 1. The SMILES string of the molecule is C=CCn1c(SCC(=O)Nc2ccc(OC(F)(F)F)cc2)nnc1-c1cc(Br)ccc1O. The van der Waals surface area contributed by atoms with Gasteiger partial charge in [-0.15, -0.1) is 29.9 Å². The van der Waals surface area contributed by atoms with E-state index >= 15 is 0 Å². The molecular weight excluding hydrogens is 513 g/mol. The molecule has 32 heavy (non-hydrogen) atoms. The topological polar surface area (TPSA) is 89.3 Å². The molecule has 0 aliphatic heterocycles. The van der Waals surface area contributed by atoms with E-state index in [2.05, 4.69) is 42.8 Å². The molecule has 0 aliphatic rings. The smallest absolute Gasteiger partial charge is 0.507 e. The van der Waals surface area contributed by atoms with E-state index in [9.17, 15) is 23.1 Å². The number of rotatable bonds is 8. The van der Waals surface area contributed by atoms with E-state index in [4.69, 9.17) is 0 Å². The molecular formula is C20H16BrF3N4O3S. The number of anilines is 1. The van der Waals surface area contributed by atoms with Gasteiger partial charge in [0, 0.05) is 16.7 Å². The number of halogens is 4. The highest BCUT2D eigenvalue weighted by Gasteiger charge is 2.31. The molecule has 0 saturated heterocycles. The Morgan fingerprint density at radius 3 is 2.62 bits per heavy atom. The predicted molar refractivity (Wildman–Crippen MR) is 117 cm³/mol. The Kier molecular flexibility index (Phi) is 7.46. The lowest BCUT2D eigenvalue weighted by molar-refractivity contribution is -0.274. The normalized spacial score (nSPS) is 11.2. The molecule has 2 N–H and O–H groups in total. The molecule has 0 spiro atoms. The standard InChI is InChI=1S/C20H16BrF3N4O3S/c1-2-9-28-18(15-10-12(21)3-8-16(15)29)26-27-19(28)32-11-17(30)25-13-4-6-14(7-5-13)31-20(22,23)24/h2-8,10,29H,1,9,11H2,(H,25,30). The predicted octanol–water partition coefficient (Wildman–Crippen LogP) is 5.23. The van der Waals surface area contributed by atoms with Crippen LogP contribution in [0.25, 0.3) is 11.4 Å². The van der Waals surface area contributed by atoms with Gasteiger partial charge in [0.25, 0.3) is 0 Å². The molecule has 2 aromatic carbocycles. The number of phenols is 1. The Morgan fingerprint density at radius 2 is 1.97 bits per heavy atom. The number of thioether (sulfide) groups is 1. The highest BCUT2D eigenvalue weighted by molar-refractivity contribution is 9.10. The quantitative estimate of drug-likeness (QED) is 0.307. The van der Waals surface area contributed by atoms with Crippen molar-refractivity contribution >= 4 is 39.3 Å². The molecule has 12 heteroatoms. The average molecular weight is 529 g/mol. The van der Waals surface area contributed by atoms with Gasteiger partial charge in [-0.05, 0) is 42.5 Å². The number of nitrogens with zero attached hydrogens (tertiary/aromatic N) is 3. The zero-order chi connectivity index (χ0) is 23.3. The summed E-state index contributed by atoms with van der Waals surface area (Å²) in [5.41, 5.74) is 0.781. The first kappa shape index (κ1) is 23.7. The number of nitrogens with one attached hydrogen (secondary N) is 1. The van der Waals surface area contributed by atoms with Gasteiger partial charge in [-0.1, -0.05) is 33.8 Å². The monoisotopic (exact) mass is 528 g/mol. The fraction of sp³-hybridized carbons (Fsp3) is 0.150. The molecule has 0 fully saturated rings. The second-order valence-electron chi connectivity index (χ2n) is 6.28. The molecule has 0 aliphatic carbocycles. The Bertz CT molecular complexity index is 1120. The van der Waals surface area contributed by atoms with E-state index in [0.29, 0.717) is 28.8 Å². The maximum atomic E-state index is 12.3. The van der Waals surface area contributed by atoms with Crippen LogP contribution in [0.1, 0.15) is 0 Å². The fourth-order valence-electron chi connectivity index (χ4n) is 2.64. The first-order valence-electron chi connectivity index (χ1n) is 8.97. The minimum atomic E-state index is -4.78. The zero-order valence-corrected chi connectivity index (χ0v) is 18.7. The van der Waals surface area contributed by atoms with Gasteiger partial charge >= 0.3 is 6.36 Å². The molecule has 1 heterocycles. The minimum absolute atomic E-state index is 0.0261. The number of aromatic nitrogens is 3. The van der Waals surface area contributed by atoms with Gasteiger partial charge < -0.3 is 15.2 Å². The van der Waals surface area contributed by atoms with Crippen molar-refractivity contribution < 1.29 is 27.8 Å². The number of allylic oxidation sites excluding steroid dienone is 1. The van der Waals surface area contributed by atoms with E-state index in [1.807, 2.05) is 0 Å². The number of hydrogen-bond acceptors (Lipinski definition) is 6. The number of amides is 1. The lowest BCUT2D eigenvalue weighted by atomic mass is 10.2. The third-order valence-electron chi connectivity index (χ3n) is 3.93. The molecule has 3 rings (SSSR count). The summed E-state index contributed by atoms with van der Waals surface area (Å²) >= 11 is 4.47. The van der Waals surface area contributed by atoms with Crippen molar-refractivity contribution in [3.63, 3.8) is 0 Å². The van der Waals surface area contributed by atoms with Crippen LogP contribution < -0.4 is 10.1 Å². The summed E-state index contributed by atoms with van der Waals surface area (Å²) in [4.78, 5) is 12.3. The number of carbonyl (C=O) groups is 1. The summed E-state index contributed by atoms with van der Waals surface area (Å²) in [6, 6.07) is 9.73. The van der Waals surface area contributed by atoms with Crippen molar-refractivity contribution in [3.8, 4) is 22.9 Å². The van der Waals surface area contributed by atoms with Crippen LogP contribution >= 0.6 is 27.7 Å². The van der Waals surface area contributed by atoms with Crippen LogP contribution in [0.4, 0.5) is 18.9 Å². The van der Waals surface area contributed by atoms with Crippen molar-refractivity contribution in [2.24, 2.45) is 0 Å². The van der Waals surface area contributed by atoms with E-state index < -0.39 is 6.36 Å². The molecule has 0 saturated carbocycles. The van der Waals surface area contributed by atoms with Gasteiger partial charge in [0.05, 0.1) is 11.3 Å². The molecule has 3 aromatic rings. The first-order valence-corrected chi connectivity index (χ1v) is 10.8. The summed E-state index contributed by atoms with van der Waals surface area (Å²) in [5.74, 6) is -0.365. The van der Waals surface area contributed by atoms with Gasteiger partial charge in [0.2, 0.25) is 5.91 Å². The summed E-state index contributed by atoms with van der Waals surface area (Å²) in [6.45, 7) is 4.06. The van der Waals surface area contributed by atoms with Crippen LogP contribution in [0, 0.1) is 0 Å². The van der Waals surface area contributed by atoms with Crippen LogP contribution in [-0.2, 0) is 11.3 Å².